The number of carbonyl (C=O) groups is 2. The number of nitrogens with one attached hydrogen (secondary N) is 2. The van der Waals surface area contributed by atoms with Gasteiger partial charge in [-0.05, 0) is 44.5 Å². The lowest BCUT2D eigenvalue weighted by Crippen LogP contribution is -2.58. The predicted molar refractivity (Wildman–Crippen MR) is 132 cm³/mol. The molecule has 0 saturated carbocycles. The van der Waals surface area contributed by atoms with Crippen LogP contribution in [0.25, 0.3) is 0 Å². The van der Waals surface area contributed by atoms with Crippen molar-refractivity contribution in [1.82, 2.24) is 10.2 Å². The molecule has 2 saturated heterocycles. The monoisotopic (exact) mass is 530 g/mol. The van der Waals surface area contributed by atoms with Crippen LogP contribution in [0.4, 0.5) is 16.2 Å². The topological polar surface area (TPSA) is 176 Å². The standard InChI is InChI=1S/C25H30N4O9/c1-17(26-23(31)36-16-18-7-3-2-4-8-18)15-28-13-11-19(12-14-28)24(32,25(33)22(30)37-25)38-27-20-9-5-6-10-21(20)29(34)35/h2-10,17,19,27,32-33H,11-16H2,1H3,(H,26,31)/t17-,24-,25+/m0/s1. The number of piperidine rings is 1. The second-order valence-corrected chi connectivity index (χ2v) is 9.39. The van der Waals surface area contributed by atoms with Gasteiger partial charge in [-0.15, -0.1) is 0 Å². The predicted octanol–water partition coefficient (Wildman–Crippen LogP) is 1.90. The third-order valence-corrected chi connectivity index (χ3v) is 6.63. The van der Waals surface area contributed by atoms with Crippen molar-refractivity contribution < 1.29 is 39.0 Å². The van der Waals surface area contributed by atoms with E-state index in [4.69, 9.17) is 9.57 Å². The number of nitro groups is 1. The summed E-state index contributed by atoms with van der Waals surface area (Å²) < 4.78 is 9.92. The first-order valence-corrected chi connectivity index (χ1v) is 12.2. The zero-order valence-electron chi connectivity index (χ0n) is 20.7. The van der Waals surface area contributed by atoms with E-state index in [-0.39, 0.29) is 24.0 Å². The third-order valence-electron chi connectivity index (χ3n) is 6.63. The number of hydrogen-bond donors (Lipinski definition) is 4. The smallest absolute Gasteiger partial charge is 0.407 e. The molecule has 2 aliphatic heterocycles. The van der Waals surface area contributed by atoms with E-state index >= 15 is 0 Å². The number of hydrogen-bond acceptors (Lipinski definition) is 11. The molecule has 38 heavy (non-hydrogen) atoms. The second-order valence-electron chi connectivity index (χ2n) is 9.39. The molecule has 0 spiro atoms. The maximum atomic E-state index is 12.1. The second kappa shape index (κ2) is 11.3. The van der Waals surface area contributed by atoms with E-state index in [1.807, 2.05) is 42.2 Å². The van der Waals surface area contributed by atoms with Gasteiger partial charge in [-0.1, -0.05) is 42.5 Å². The largest absolute Gasteiger partial charge is 0.445 e. The summed E-state index contributed by atoms with van der Waals surface area (Å²) in [7, 11) is 0. The molecule has 2 heterocycles. The fraction of sp³-hybridized carbons (Fsp3) is 0.440. The number of ether oxygens (including phenoxy) is 2. The van der Waals surface area contributed by atoms with Gasteiger partial charge in [-0.3, -0.25) is 15.6 Å². The molecule has 0 aliphatic carbocycles. The molecule has 0 radical (unpaired) electrons. The Kier molecular flexibility index (Phi) is 8.11. The van der Waals surface area contributed by atoms with Gasteiger partial charge in [-0.2, -0.15) is 0 Å². The summed E-state index contributed by atoms with van der Waals surface area (Å²) in [6, 6.07) is 14.7. The lowest BCUT2D eigenvalue weighted by Gasteiger charge is -2.41. The molecular formula is C25H30N4O9. The zero-order chi connectivity index (χ0) is 27.3. The highest BCUT2D eigenvalue weighted by Crippen LogP contribution is 2.46. The van der Waals surface area contributed by atoms with E-state index in [0.717, 1.165) is 5.56 Å². The lowest BCUT2D eigenvalue weighted by atomic mass is 9.85. The van der Waals surface area contributed by atoms with Crippen molar-refractivity contribution in [3.63, 3.8) is 0 Å². The summed E-state index contributed by atoms with van der Waals surface area (Å²) in [5.74, 6) is -6.89. The minimum atomic E-state index is -2.59. The van der Waals surface area contributed by atoms with Crippen LogP contribution in [-0.2, 0) is 25.7 Å². The Morgan fingerprint density at radius 2 is 1.87 bits per heavy atom. The Morgan fingerprint density at radius 3 is 2.50 bits per heavy atom. The first-order valence-electron chi connectivity index (χ1n) is 12.2. The summed E-state index contributed by atoms with van der Waals surface area (Å²) in [5.41, 5.74) is 2.83. The number of carbonyl (C=O) groups excluding carboxylic acids is 2. The molecule has 204 valence electrons. The van der Waals surface area contributed by atoms with Gasteiger partial charge < -0.3 is 29.9 Å². The molecular weight excluding hydrogens is 500 g/mol. The number of alkyl carbamates (subject to hydrolysis) is 1. The minimum Gasteiger partial charge on any atom is -0.445 e. The summed E-state index contributed by atoms with van der Waals surface area (Å²) >= 11 is 0. The van der Waals surface area contributed by atoms with Crippen molar-refractivity contribution in [2.24, 2.45) is 5.92 Å². The number of para-hydroxylation sites is 2. The number of epoxide rings is 1. The fourth-order valence-corrected chi connectivity index (χ4v) is 4.51. The number of amides is 1. The maximum Gasteiger partial charge on any atom is 0.407 e. The van der Waals surface area contributed by atoms with Crippen molar-refractivity contribution in [3.8, 4) is 0 Å². The molecule has 13 heteroatoms. The van der Waals surface area contributed by atoms with Crippen LogP contribution in [0.2, 0.25) is 0 Å². The van der Waals surface area contributed by atoms with Gasteiger partial charge in [0.25, 0.3) is 11.5 Å². The molecule has 2 aliphatic rings. The third kappa shape index (κ3) is 6.02. The Balaban J connectivity index is 1.30. The highest BCUT2D eigenvalue weighted by atomic mass is 16.8. The maximum absolute atomic E-state index is 12.1. The van der Waals surface area contributed by atoms with Gasteiger partial charge in [-0.25, -0.2) is 14.4 Å². The van der Waals surface area contributed by atoms with Gasteiger partial charge in [0.1, 0.15) is 12.3 Å². The molecule has 4 rings (SSSR count). The van der Waals surface area contributed by atoms with Crippen LogP contribution in [0, 0.1) is 16.0 Å². The summed E-state index contributed by atoms with van der Waals surface area (Å²) in [6.07, 6.45) is 0.0740. The normalized spacial score (nSPS) is 22.0. The molecule has 3 atom stereocenters. The van der Waals surface area contributed by atoms with Crippen LogP contribution in [0.1, 0.15) is 25.3 Å². The molecule has 4 N–H and O–H groups in total. The number of cyclic esters (lactones) is 1. The van der Waals surface area contributed by atoms with Gasteiger partial charge in [0.15, 0.2) is 0 Å². The van der Waals surface area contributed by atoms with Crippen LogP contribution in [0.15, 0.2) is 54.6 Å². The van der Waals surface area contributed by atoms with Crippen molar-refractivity contribution >= 4 is 23.4 Å². The average Bonchev–Trinajstić information content (AvgIpc) is 3.54. The number of anilines is 1. The first kappa shape index (κ1) is 27.3. The number of aliphatic hydroxyl groups is 2. The number of benzene rings is 2. The van der Waals surface area contributed by atoms with Crippen molar-refractivity contribution in [2.75, 3.05) is 25.1 Å². The molecule has 13 nitrogen and oxygen atoms in total. The Bertz CT molecular complexity index is 1160. The minimum absolute atomic E-state index is 0.0656. The molecule has 2 aromatic carbocycles. The Morgan fingerprint density at radius 1 is 1.24 bits per heavy atom. The molecule has 2 fully saturated rings. The summed E-state index contributed by atoms with van der Waals surface area (Å²) in [5, 5.41) is 35.9. The SMILES string of the molecule is C[C@@H](CN1CCC([C@](O)(ONc2ccccc2[N+](=O)[O-])[C@]2(O)OC2=O)CC1)NC(=O)OCc1ccccc1. The lowest BCUT2D eigenvalue weighted by molar-refractivity contribution is -0.384. The van der Waals surface area contributed by atoms with Crippen LogP contribution in [-0.4, -0.2) is 69.3 Å². The van der Waals surface area contributed by atoms with Crippen LogP contribution in [0.5, 0.6) is 0 Å². The van der Waals surface area contributed by atoms with E-state index < -0.39 is 34.5 Å². The molecule has 2 aromatic rings. The summed E-state index contributed by atoms with van der Waals surface area (Å²) in [6.45, 7) is 3.41. The Labute approximate surface area is 218 Å². The first-order chi connectivity index (χ1) is 18.1. The van der Waals surface area contributed by atoms with E-state index in [2.05, 4.69) is 15.5 Å². The van der Waals surface area contributed by atoms with E-state index in [9.17, 15) is 29.9 Å². The Hall–Kier alpha value is -3.78. The van der Waals surface area contributed by atoms with Crippen LogP contribution < -0.4 is 10.8 Å². The molecule has 1 amide bonds. The number of nitrogens with zero attached hydrogens (tertiary/aromatic N) is 2. The van der Waals surface area contributed by atoms with Gasteiger partial charge >= 0.3 is 17.8 Å². The van der Waals surface area contributed by atoms with Crippen LogP contribution in [0.3, 0.4) is 0 Å². The highest BCUT2D eigenvalue weighted by molar-refractivity contribution is 5.92. The van der Waals surface area contributed by atoms with Crippen molar-refractivity contribution in [3.05, 3.63) is 70.3 Å². The average molecular weight is 531 g/mol. The molecule has 0 aromatic heterocycles. The number of rotatable bonds is 11. The number of nitro benzene ring substituents is 1. The number of likely N-dealkylation sites (tertiary alicyclic amines) is 1. The van der Waals surface area contributed by atoms with Gasteiger partial charge in [0, 0.05) is 24.6 Å². The quantitative estimate of drug-likeness (QED) is 0.144. The molecule has 0 bridgehead atoms. The van der Waals surface area contributed by atoms with Crippen molar-refractivity contribution in [2.45, 2.75) is 44.0 Å². The highest BCUT2D eigenvalue weighted by Gasteiger charge is 2.76. The van der Waals surface area contributed by atoms with E-state index in [1.54, 1.807) is 0 Å². The summed E-state index contributed by atoms with van der Waals surface area (Å²) in [4.78, 5) is 42.0. The molecule has 0 unspecified atom stereocenters. The van der Waals surface area contributed by atoms with E-state index in [0.29, 0.717) is 32.5 Å². The van der Waals surface area contributed by atoms with Crippen LogP contribution >= 0.6 is 0 Å². The fourth-order valence-electron chi connectivity index (χ4n) is 4.51. The van der Waals surface area contributed by atoms with Gasteiger partial charge in [0.2, 0.25) is 0 Å². The van der Waals surface area contributed by atoms with E-state index in [1.165, 1.54) is 24.3 Å². The van der Waals surface area contributed by atoms with Crippen molar-refractivity contribution in [1.29, 1.82) is 0 Å². The zero-order valence-corrected chi connectivity index (χ0v) is 20.7. The van der Waals surface area contributed by atoms with Gasteiger partial charge in [0.05, 0.1) is 4.92 Å².